The van der Waals surface area contributed by atoms with E-state index in [0.717, 1.165) is 24.9 Å². The van der Waals surface area contributed by atoms with Crippen molar-refractivity contribution in [1.82, 2.24) is 10.6 Å². The van der Waals surface area contributed by atoms with Crippen LogP contribution in [-0.2, 0) is 13.1 Å². The van der Waals surface area contributed by atoms with Gasteiger partial charge in [0.2, 0.25) is 0 Å². The van der Waals surface area contributed by atoms with Crippen molar-refractivity contribution in [3.63, 3.8) is 0 Å². The molecule has 0 bridgehead atoms. The molecule has 0 radical (unpaired) electrons. The van der Waals surface area contributed by atoms with Crippen LogP contribution in [0.25, 0.3) is 10.8 Å². The van der Waals surface area contributed by atoms with Crippen LogP contribution in [-0.4, -0.2) is 13.1 Å². The van der Waals surface area contributed by atoms with Crippen molar-refractivity contribution in [3.05, 3.63) is 47.5 Å². The molecule has 2 saturated carbocycles. The Balaban J connectivity index is 1.40. The van der Waals surface area contributed by atoms with Gasteiger partial charge < -0.3 is 10.6 Å². The summed E-state index contributed by atoms with van der Waals surface area (Å²) in [5, 5.41) is 10.4. The van der Waals surface area contributed by atoms with Crippen molar-refractivity contribution in [2.24, 2.45) is 11.8 Å². The monoisotopic (exact) mass is 378 g/mol. The average molecular weight is 379 g/mol. The van der Waals surface area contributed by atoms with Gasteiger partial charge in [0.05, 0.1) is 0 Å². The van der Waals surface area contributed by atoms with Gasteiger partial charge in [0.25, 0.3) is 0 Å². The molecule has 0 atom stereocenters. The zero-order valence-electron chi connectivity index (χ0n) is 17.5. The van der Waals surface area contributed by atoms with Gasteiger partial charge in [0, 0.05) is 13.1 Å². The number of hydrogen-bond acceptors (Lipinski definition) is 2. The summed E-state index contributed by atoms with van der Waals surface area (Å²) in [4.78, 5) is 0. The molecule has 0 spiro atoms. The number of rotatable bonds is 8. The first-order chi connectivity index (χ1) is 13.9. The van der Waals surface area contributed by atoms with Gasteiger partial charge >= 0.3 is 0 Å². The van der Waals surface area contributed by atoms with Gasteiger partial charge in [0.15, 0.2) is 0 Å². The van der Waals surface area contributed by atoms with Crippen molar-refractivity contribution in [3.8, 4) is 0 Å². The Kier molecular flexibility index (Phi) is 7.41. The van der Waals surface area contributed by atoms with E-state index in [1.54, 1.807) is 0 Å². The summed E-state index contributed by atoms with van der Waals surface area (Å²) < 4.78 is 0. The first-order valence-electron chi connectivity index (χ1n) is 11.8. The van der Waals surface area contributed by atoms with Gasteiger partial charge in [-0.1, -0.05) is 74.9 Å². The van der Waals surface area contributed by atoms with Crippen molar-refractivity contribution in [2.75, 3.05) is 13.1 Å². The highest BCUT2D eigenvalue weighted by atomic mass is 14.9. The minimum Gasteiger partial charge on any atom is -0.312 e. The van der Waals surface area contributed by atoms with Crippen LogP contribution in [0.1, 0.15) is 75.3 Å². The van der Waals surface area contributed by atoms with Crippen LogP contribution in [0.15, 0.2) is 36.4 Å². The van der Waals surface area contributed by atoms with Crippen molar-refractivity contribution >= 4 is 10.8 Å². The SMILES string of the molecule is c1ccc2c(CNCC3CCCCC3)c(CNCC3CCCCC3)ccc2c1. The molecule has 2 heteroatoms. The molecule has 0 amide bonds. The Hall–Kier alpha value is -1.38. The van der Waals surface area contributed by atoms with E-state index in [2.05, 4.69) is 47.0 Å². The van der Waals surface area contributed by atoms with E-state index in [1.165, 1.54) is 99.2 Å². The Morgan fingerprint density at radius 3 is 1.93 bits per heavy atom. The lowest BCUT2D eigenvalue weighted by Gasteiger charge is -2.23. The molecule has 2 aromatic rings. The van der Waals surface area contributed by atoms with Crippen LogP contribution in [0.2, 0.25) is 0 Å². The normalized spacial score (nSPS) is 19.3. The molecule has 2 nitrogen and oxygen atoms in total. The van der Waals surface area contributed by atoms with Crippen molar-refractivity contribution in [2.45, 2.75) is 77.3 Å². The first kappa shape index (κ1) is 19.9. The summed E-state index contributed by atoms with van der Waals surface area (Å²) in [5.74, 6) is 1.78. The molecular formula is C26H38N2. The van der Waals surface area contributed by atoms with E-state index in [9.17, 15) is 0 Å². The van der Waals surface area contributed by atoms with Gasteiger partial charge in [-0.05, 0) is 72.5 Å². The fourth-order valence-electron chi connectivity index (χ4n) is 5.35. The Morgan fingerprint density at radius 2 is 1.25 bits per heavy atom. The Morgan fingerprint density at radius 1 is 0.643 bits per heavy atom. The number of hydrogen-bond donors (Lipinski definition) is 2. The number of nitrogens with one attached hydrogen (secondary N) is 2. The third kappa shape index (κ3) is 5.36. The molecule has 0 unspecified atom stereocenters. The minimum absolute atomic E-state index is 0.886. The fourth-order valence-corrected chi connectivity index (χ4v) is 5.35. The second-order valence-electron chi connectivity index (χ2n) is 9.19. The van der Waals surface area contributed by atoms with Crippen LogP contribution < -0.4 is 10.6 Å². The first-order valence-corrected chi connectivity index (χ1v) is 11.8. The summed E-state index contributed by atoms with van der Waals surface area (Å²) in [6.45, 7) is 4.36. The summed E-state index contributed by atoms with van der Waals surface area (Å²) in [6.07, 6.45) is 14.3. The molecule has 2 aromatic carbocycles. The maximum absolute atomic E-state index is 3.82. The van der Waals surface area contributed by atoms with Crippen LogP contribution >= 0.6 is 0 Å². The minimum atomic E-state index is 0.886. The topological polar surface area (TPSA) is 24.1 Å². The Labute approximate surface area is 171 Å². The highest BCUT2D eigenvalue weighted by Gasteiger charge is 2.15. The second-order valence-corrected chi connectivity index (χ2v) is 9.19. The number of benzene rings is 2. The maximum Gasteiger partial charge on any atom is 0.0215 e. The molecule has 4 rings (SSSR count). The Bertz CT molecular complexity index is 726. The van der Waals surface area contributed by atoms with Crippen LogP contribution in [0, 0.1) is 11.8 Å². The van der Waals surface area contributed by atoms with Crippen LogP contribution in [0.3, 0.4) is 0 Å². The van der Waals surface area contributed by atoms with E-state index >= 15 is 0 Å². The molecule has 0 aliphatic heterocycles. The van der Waals surface area contributed by atoms with E-state index in [4.69, 9.17) is 0 Å². The molecule has 0 saturated heterocycles. The summed E-state index contributed by atoms with van der Waals surface area (Å²) in [6, 6.07) is 13.6. The van der Waals surface area contributed by atoms with Gasteiger partial charge in [-0.25, -0.2) is 0 Å². The lowest BCUT2D eigenvalue weighted by atomic mass is 9.89. The van der Waals surface area contributed by atoms with E-state index in [0.29, 0.717) is 0 Å². The molecular weight excluding hydrogens is 340 g/mol. The van der Waals surface area contributed by atoms with Crippen LogP contribution in [0.4, 0.5) is 0 Å². The van der Waals surface area contributed by atoms with Crippen molar-refractivity contribution in [1.29, 1.82) is 0 Å². The average Bonchev–Trinajstić information content (AvgIpc) is 2.76. The number of fused-ring (bicyclic) bond motifs is 1. The quantitative estimate of drug-likeness (QED) is 0.573. The van der Waals surface area contributed by atoms with Crippen LogP contribution in [0.5, 0.6) is 0 Å². The van der Waals surface area contributed by atoms with Gasteiger partial charge in [-0.2, -0.15) is 0 Å². The van der Waals surface area contributed by atoms with Gasteiger partial charge in [-0.15, -0.1) is 0 Å². The standard InChI is InChI=1S/C26H38N2/c1-3-9-21(10-4-1)17-27-19-24-16-15-23-13-7-8-14-25(23)26(24)20-28-18-22-11-5-2-6-12-22/h7-8,13-16,21-22,27-28H,1-6,9-12,17-20H2. The predicted octanol–water partition coefficient (Wildman–Crippen LogP) is 6.18. The molecule has 2 N–H and O–H groups in total. The molecule has 2 aliphatic rings. The summed E-state index contributed by atoms with van der Waals surface area (Å²) >= 11 is 0. The smallest absolute Gasteiger partial charge is 0.0215 e. The summed E-state index contributed by atoms with van der Waals surface area (Å²) in [7, 11) is 0. The van der Waals surface area contributed by atoms with E-state index < -0.39 is 0 Å². The molecule has 2 aliphatic carbocycles. The highest BCUT2D eigenvalue weighted by Crippen LogP contribution is 2.26. The van der Waals surface area contributed by atoms with Gasteiger partial charge in [-0.3, -0.25) is 0 Å². The summed E-state index contributed by atoms with van der Waals surface area (Å²) in [5.41, 5.74) is 2.98. The van der Waals surface area contributed by atoms with E-state index in [-0.39, 0.29) is 0 Å². The maximum atomic E-state index is 3.82. The largest absolute Gasteiger partial charge is 0.312 e. The highest BCUT2D eigenvalue weighted by molar-refractivity contribution is 5.86. The van der Waals surface area contributed by atoms with Gasteiger partial charge in [0.1, 0.15) is 0 Å². The molecule has 2 fully saturated rings. The molecule has 28 heavy (non-hydrogen) atoms. The predicted molar refractivity (Wildman–Crippen MR) is 121 cm³/mol. The third-order valence-corrected chi connectivity index (χ3v) is 7.07. The van der Waals surface area contributed by atoms with Crippen molar-refractivity contribution < 1.29 is 0 Å². The molecule has 0 heterocycles. The third-order valence-electron chi connectivity index (χ3n) is 7.07. The lowest BCUT2D eigenvalue weighted by Crippen LogP contribution is -2.26. The zero-order chi connectivity index (χ0) is 19.0. The zero-order valence-corrected chi connectivity index (χ0v) is 17.5. The molecule has 152 valence electrons. The van der Waals surface area contributed by atoms with E-state index in [1.807, 2.05) is 0 Å². The lowest BCUT2D eigenvalue weighted by molar-refractivity contribution is 0.340. The second kappa shape index (κ2) is 10.4. The molecule has 0 aromatic heterocycles. The fraction of sp³-hybridized carbons (Fsp3) is 0.615.